The van der Waals surface area contributed by atoms with Gasteiger partial charge in [0.1, 0.15) is 0 Å². The molecule has 1 aliphatic rings. The minimum Gasteiger partial charge on any atom is -0.480 e. The second-order valence-corrected chi connectivity index (χ2v) is 5.61. The topological polar surface area (TPSA) is 69.6 Å². The largest absolute Gasteiger partial charge is 0.480 e. The normalized spacial score (nSPS) is 16.8. The molecule has 0 radical (unpaired) electrons. The van der Waals surface area contributed by atoms with Crippen LogP contribution in [0.3, 0.4) is 0 Å². The zero-order valence-electron chi connectivity index (χ0n) is 12.0. The maximum atomic E-state index is 11.8. The number of carbonyl (C=O) groups excluding carboxylic acids is 1. The van der Waals surface area contributed by atoms with Gasteiger partial charge in [0.05, 0.1) is 6.54 Å². The van der Waals surface area contributed by atoms with Gasteiger partial charge in [-0.15, -0.1) is 0 Å². The summed E-state index contributed by atoms with van der Waals surface area (Å²) in [7, 11) is 0. The van der Waals surface area contributed by atoms with Gasteiger partial charge >= 0.3 is 5.97 Å². The molecule has 19 heavy (non-hydrogen) atoms. The number of carboxylic acid groups (broad SMARTS) is 1. The van der Waals surface area contributed by atoms with Gasteiger partial charge < -0.3 is 10.4 Å². The molecule has 0 bridgehead atoms. The van der Waals surface area contributed by atoms with Gasteiger partial charge in [0, 0.05) is 25.0 Å². The highest BCUT2D eigenvalue weighted by Gasteiger charge is 2.18. The Kier molecular flexibility index (Phi) is 6.84. The molecule has 1 rings (SSSR count). The summed E-state index contributed by atoms with van der Waals surface area (Å²) in [5.74, 6) is -0.802. The Bertz CT molecular complexity index is 299. The van der Waals surface area contributed by atoms with Crippen LogP contribution in [-0.4, -0.2) is 47.1 Å². The Hall–Kier alpha value is -1.10. The smallest absolute Gasteiger partial charge is 0.317 e. The first kappa shape index (κ1) is 16.0. The van der Waals surface area contributed by atoms with Crippen LogP contribution < -0.4 is 5.32 Å². The van der Waals surface area contributed by atoms with Crippen LogP contribution in [-0.2, 0) is 9.59 Å². The van der Waals surface area contributed by atoms with Gasteiger partial charge in [0.15, 0.2) is 0 Å². The fourth-order valence-electron chi connectivity index (χ4n) is 2.49. The number of nitrogens with zero attached hydrogens (tertiary/aromatic N) is 1. The van der Waals surface area contributed by atoms with Gasteiger partial charge in [0.25, 0.3) is 0 Å². The Morgan fingerprint density at radius 1 is 1.26 bits per heavy atom. The highest BCUT2D eigenvalue weighted by Crippen LogP contribution is 2.17. The first-order chi connectivity index (χ1) is 8.99. The highest BCUT2D eigenvalue weighted by atomic mass is 16.4. The van der Waals surface area contributed by atoms with E-state index in [-0.39, 0.29) is 18.5 Å². The van der Waals surface area contributed by atoms with E-state index in [0.29, 0.717) is 19.0 Å². The van der Waals surface area contributed by atoms with Crippen molar-refractivity contribution >= 4 is 11.9 Å². The average molecular weight is 270 g/mol. The maximum Gasteiger partial charge on any atom is 0.317 e. The van der Waals surface area contributed by atoms with Crippen molar-refractivity contribution in [1.82, 2.24) is 10.2 Å². The zero-order chi connectivity index (χ0) is 14.3. The third kappa shape index (κ3) is 6.57. The van der Waals surface area contributed by atoms with Crippen LogP contribution in [0.1, 0.15) is 52.4 Å². The van der Waals surface area contributed by atoms with Gasteiger partial charge in [-0.1, -0.05) is 19.3 Å². The Labute approximate surface area is 115 Å². The number of carbonyl (C=O) groups is 2. The van der Waals surface area contributed by atoms with Crippen LogP contribution in [0.4, 0.5) is 0 Å². The summed E-state index contributed by atoms with van der Waals surface area (Å²) < 4.78 is 0. The molecular formula is C14H26N2O3. The molecule has 0 aromatic heterocycles. The van der Waals surface area contributed by atoms with Crippen molar-refractivity contribution in [1.29, 1.82) is 0 Å². The number of amides is 1. The average Bonchev–Trinajstić information content (AvgIpc) is 2.35. The minimum atomic E-state index is -0.846. The quantitative estimate of drug-likeness (QED) is 0.737. The number of hydrogen-bond donors (Lipinski definition) is 2. The van der Waals surface area contributed by atoms with Gasteiger partial charge in [-0.2, -0.15) is 0 Å². The molecule has 1 aliphatic carbocycles. The molecule has 5 nitrogen and oxygen atoms in total. The molecule has 110 valence electrons. The lowest BCUT2D eigenvalue weighted by atomic mass is 9.95. The fraction of sp³-hybridized carbons (Fsp3) is 0.857. The second-order valence-electron chi connectivity index (χ2n) is 5.61. The predicted octanol–water partition coefficient (Wildman–Crippen LogP) is 1.62. The van der Waals surface area contributed by atoms with Crippen molar-refractivity contribution < 1.29 is 14.7 Å². The summed E-state index contributed by atoms with van der Waals surface area (Å²) >= 11 is 0. The molecule has 1 fully saturated rings. The van der Waals surface area contributed by atoms with Crippen molar-refractivity contribution in [2.24, 2.45) is 0 Å². The molecule has 5 heteroatoms. The van der Waals surface area contributed by atoms with Crippen LogP contribution in [0.15, 0.2) is 0 Å². The van der Waals surface area contributed by atoms with E-state index in [1.807, 2.05) is 18.7 Å². The standard InChI is InChI=1S/C14H26N2O3/c1-11(2)16(10-14(18)19)9-8-13(17)15-12-6-4-3-5-7-12/h11-12H,3-10H2,1-2H3,(H,15,17)(H,18,19). The van der Waals surface area contributed by atoms with Crippen LogP contribution in [0.5, 0.6) is 0 Å². The van der Waals surface area contributed by atoms with Gasteiger partial charge in [-0.25, -0.2) is 0 Å². The number of rotatable bonds is 7. The molecule has 0 heterocycles. The molecule has 0 unspecified atom stereocenters. The molecular weight excluding hydrogens is 244 g/mol. The SMILES string of the molecule is CC(C)N(CCC(=O)NC1CCCCC1)CC(=O)O. The molecule has 1 amide bonds. The predicted molar refractivity (Wildman–Crippen MR) is 74.0 cm³/mol. The lowest BCUT2D eigenvalue weighted by Gasteiger charge is -2.26. The first-order valence-electron chi connectivity index (χ1n) is 7.24. The van der Waals surface area contributed by atoms with E-state index in [1.165, 1.54) is 19.3 Å². The Balaban J connectivity index is 2.28. The summed E-state index contributed by atoms with van der Waals surface area (Å²) in [6.07, 6.45) is 6.20. The molecule has 0 aromatic carbocycles. The van der Waals surface area contributed by atoms with Crippen LogP contribution in [0.25, 0.3) is 0 Å². The second kappa shape index (κ2) is 8.15. The first-order valence-corrected chi connectivity index (χ1v) is 7.24. The van der Waals surface area contributed by atoms with Crippen LogP contribution >= 0.6 is 0 Å². The van der Waals surface area contributed by atoms with E-state index >= 15 is 0 Å². The number of carboxylic acids is 1. The molecule has 0 aliphatic heterocycles. The van der Waals surface area contributed by atoms with E-state index in [2.05, 4.69) is 5.32 Å². The number of aliphatic carboxylic acids is 1. The van der Waals surface area contributed by atoms with E-state index in [9.17, 15) is 9.59 Å². The van der Waals surface area contributed by atoms with Crippen molar-refractivity contribution in [2.75, 3.05) is 13.1 Å². The monoisotopic (exact) mass is 270 g/mol. The summed E-state index contributed by atoms with van der Waals surface area (Å²) in [6, 6.07) is 0.465. The van der Waals surface area contributed by atoms with Gasteiger partial charge in [-0.3, -0.25) is 14.5 Å². The minimum absolute atomic E-state index is 0.00558. The van der Waals surface area contributed by atoms with E-state index in [4.69, 9.17) is 5.11 Å². The van der Waals surface area contributed by atoms with Crippen LogP contribution in [0.2, 0.25) is 0 Å². The number of nitrogens with one attached hydrogen (secondary N) is 1. The Morgan fingerprint density at radius 2 is 1.89 bits per heavy atom. The van der Waals surface area contributed by atoms with Crippen molar-refractivity contribution in [2.45, 2.75) is 64.5 Å². The highest BCUT2D eigenvalue weighted by molar-refractivity contribution is 5.76. The molecule has 0 spiro atoms. The molecule has 0 atom stereocenters. The third-order valence-corrected chi connectivity index (χ3v) is 3.67. The van der Waals surface area contributed by atoms with Gasteiger partial charge in [0.2, 0.25) is 5.91 Å². The van der Waals surface area contributed by atoms with E-state index in [0.717, 1.165) is 12.8 Å². The maximum absolute atomic E-state index is 11.8. The number of hydrogen-bond acceptors (Lipinski definition) is 3. The molecule has 0 aromatic rings. The lowest BCUT2D eigenvalue weighted by molar-refractivity contribution is -0.139. The molecule has 1 saturated carbocycles. The molecule has 2 N–H and O–H groups in total. The zero-order valence-corrected chi connectivity index (χ0v) is 12.0. The lowest BCUT2D eigenvalue weighted by Crippen LogP contribution is -2.41. The summed E-state index contributed by atoms with van der Waals surface area (Å²) in [5, 5.41) is 11.9. The van der Waals surface area contributed by atoms with Crippen molar-refractivity contribution in [3.63, 3.8) is 0 Å². The van der Waals surface area contributed by atoms with Crippen molar-refractivity contribution in [3.8, 4) is 0 Å². The Morgan fingerprint density at radius 3 is 2.42 bits per heavy atom. The van der Waals surface area contributed by atoms with Crippen molar-refractivity contribution in [3.05, 3.63) is 0 Å². The third-order valence-electron chi connectivity index (χ3n) is 3.67. The van der Waals surface area contributed by atoms with Crippen LogP contribution in [0, 0.1) is 0 Å². The summed E-state index contributed by atoms with van der Waals surface area (Å²) in [5.41, 5.74) is 0. The van der Waals surface area contributed by atoms with Gasteiger partial charge in [-0.05, 0) is 26.7 Å². The molecule has 0 saturated heterocycles. The fourth-order valence-corrected chi connectivity index (χ4v) is 2.49. The van der Waals surface area contributed by atoms with E-state index in [1.54, 1.807) is 0 Å². The summed E-state index contributed by atoms with van der Waals surface area (Å²) in [4.78, 5) is 24.4. The van der Waals surface area contributed by atoms with E-state index < -0.39 is 5.97 Å². The summed E-state index contributed by atoms with van der Waals surface area (Å²) in [6.45, 7) is 4.39.